The normalized spacial score (nSPS) is 11.7. The molecule has 4 aromatic heterocycles. The first kappa shape index (κ1) is 17.3. The topological polar surface area (TPSA) is 43.6 Å². The third-order valence-corrected chi connectivity index (χ3v) is 6.68. The average Bonchev–Trinajstić information content (AvgIpc) is 3.33. The summed E-state index contributed by atoms with van der Waals surface area (Å²) in [5.41, 5.74) is 6.43. The summed E-state index contributed by atoms with van der Waals surface area (Å²) in [4.78, 5) is 15.3. The largest absolute Gasteiger partial charge is 0.291 e. The molecule has 0 aliphatic heterocycles. The molecule has 0 aliphatic rings. The zero-order chi connectivity index (χ0) is 20.2. The van der Waals surface area contributed by atoms with Gasteiger partial charge in [-0.1, -0.05) is 24.3 Å². The molecule has 0 aliphatic carbocycles. The van der Waals surface area contributed by atoms with Crippen LogP contribution in [0.4, 0.5) is 0 Å². The predicted octanol–water partition coefficient (Wildman–Crippen LogP) is 6.47. The van der Waals surface area contributed by atoms with Crippen LogP contribution in [-0.4, -0.2) is 19.5 Å². The van der Waals surface area contributed by atoms with Gasteiger partial charge in [0.05, 0.1) is 17.2 Å². The summed E-state index contributed by atoms with van der Waals surface area (Å²) in [6, 6.07) is 21.0. The number of pyridine rings is 2. The molecule has 0 atom stereocenters. The number of hydrogen-bond donors (Lipinski definition) is 0. The summed E-state index contributed by atoms with van der Waals surface area (Å²) in [6.07, 6.45) is 3.69. The van der Waals surface area contributed by atoms with Gasteiger partial charge in [0.1, 0.15) is 10.7 Å². The summed E-state index contributed by atoms with van der Waals surface area (Å²) in [7, 11) is 0. The van der Waals surface area contributed by atoms with Gasteiger partial charge in [0.25, 0.3) is 0 Å². The predicted molar refractivity (Wildman–Crippen MR) is 124 cm³/mol. The maximum absolute atomic E-state index is 5.04. The van der Waals surface area contributed by atoms with Crippen molar-refractivity contribution in [2.45, 2.75) is 13.8 Å². The number of imidazole rings is 1. The zero-order valence-electron chi connectivity index (χ0n) is 16.6. The van der Waals surface area contributed by atoms with Crippen LogP contribution in [0.25, 0.3) is 48.4 Å². The van der Waals surface area contributed by atoms with Crippen LogP contribution >= 0.6 is 11.3 Å². The molecule has 6 rings (SSSR count). The molecule has 0 fully saturated rings. The highest BCUT2D eigenvalue weighted by molar-refractivity contribution is 7.26. The molecule has 0 amide bonds. The van der Waals surface area contributed by atoms with Gasteiger partial charge in [0.15, 0.2) is 0 Å². The molecule has 6 aromatic rings. The van der Waals surface area contributed by atoms with Crippen molar-refractivity contribution in [3.05, 3.63) is 84.3 Å². The lowest BCUT2D eigenvalue weighted by atomic mass is 10.0. The summed E-state index contributed by atoms with van der Waals surface area (Å²) in [6.45, 7) is 4.21. The minimum Gasteiger partial charge on any atom is -0.291 e. The van der Waals surface area contributed by atoms with E-state index >= 15 is 0 Å². The van der Waals surface area contributed by atoms with Gasteiger partial charge in [0, 0.05) is 38.6 Å². The number of nitrogens with zero attached hydrogens (tertiary/aromatic N) is 4. The fraction of sp³-hybridized carbons (Fsp3) is 0.0800. The summed E-state index contributed by atoms with van der Waals surface area (Å²) in [5.74, 6) is 0.928. The summed E-state index contributed by atoms with van der Waals surface area (Å²) >= 11 is 1.75. The number of fused-ring (bicyclic) bond motifs is 4. The Bertz CT molecular complexity index is 1560. The Morgan fingerprint density at radius 2 is 1.73 bits per heavy atom. The Kier molecular flexibility index (Phi) is 3.73. The molecule has 0 N–H and O–H groups in total. The van der Waals surface area contributed by atoms with E-state index in [2.05, 4.69) is 65.0 Å². The average molecular weight is 407 g/mol. The van der Waals surface area contributed by atoms with Crippen molar-refractivity contribution in [1.82, 2.24) is 19.5 Å². The van der Waals surface area contributed by atoms with Crippen LogP contribution in [0.5, 0.6) is 0 Å². The van der Waals surface area contributed by atoms with Gasteiger partial charge in [-0.05, 0) is 55.8 Å². The maximum Gasteiger partial charge on any atom is 0.147 e. The number of benzene rings is 2. The quantitative estimate of drug-likeness (QED) is 0.331. The van der Waals surface area contributed by atoms with Crippen molar-refractivity contribution in [2.24, 2.45) is 0 Å². The second kappa shape index (κ2) is 6.47. The molecule has 0 bridgehead atoms. The minimum absolute atomic E-state index is 0.928. The highest BCUT2D eigenvalue weighted by atomic mass is 32.1. The Labute approximate surface area is 177 Å². The van der Waals surface area contributed by atoms with E-state index in [0.29, 0.717) is 0 Å². The molecule has 30 heavy (non-hydrogen) atoms. The summed E-state index contributed by atoms with van der Waals surface area (Å²) < 4.78 is 3.43. The van der Waals surface area contributed by atoms with Crippen LogP contribution < -0.4 is 0 Å². The molecular formula is C25H18N4S. The molecule has 2 aromatic carbocycles. The molecule has 0 saturated carbocycles. The zero-order valence-corrected chi connectivity index (χ0v) is 17.4. The smallest absolute Gasteiger partial charge is 0.147 e. The Morgan fingerprint density at radius 1 is 0.867 bits per heavy atom. The lowest BCUT2D eigenvalue weighted by molar-refractivity contribution is 1.10. The molecule has 4 nitrogen and oxygen atoms in total. The van der Waals surface area contributed by atoms with E-state index in [-0.39, 0.29) is 0 Å². The molecule has 0 spiro atoms. The lowest BCUT2D eigenvalue weighted by Gasteiger charge is -2.10. The lowest BCUT2D eigenvalue weighted by Crippen LogP contribution is -1.97. The highest BCUT2D eigenvalue weighted by Gasteiger charge is 2.19. The van der Waals surface area contributed by atoms with Gasteiger partial charge in [-0.15, -0.1) is 11.3 Å². The second-order valence-electron chi connectivity index (χ2n) is 7.51. The molecular weight excluding hydrogens is 388 g/mol. The third-order valence-electron chi connectivity index (χ3n) is 5.55. The Balaban J connectivity index is 1.75. The number of hydrogen-bond acceptors (Lipinski definition) is 4. The molecule has 4 heterocycles. The first-order valence-corrected chi connectivity index (χ1v) is 10.7. The van der Waals surface area contributed by atoms with Crippen LogP contribution in [-0.2, 0) is 0 Å². The van der Waals surface area contributed by atoms with Gasteiger partial charge in [-0.2, -0.15) is 0 Å². The number of aryl methyl sites for hydroxylation is 2. The van der Waals surface area contributed by atoms with Crippen molar-refractivity contribution in [1.29, 1.82) is 0 Å². The van der Waals surface area contributed by atoms with Gasteiger partial charge in [-0.25, -0.2) is 9.97 Å². The summed E-state index contributed by atoms with van der Waals surface area (Å²) in [5, 5.41) is 2.48. The van der Waals surface area contributed by atoms with Gasteiger partial charge < -0.3 is 0 Å². The fourth-order valence-electron chi connectivity index (χ4n) is 4.14. The highest BCUT2D eigenvalue weighted by Crippen LogP contribution is 2.41. The van der Waals surface area contributed by atoms with E-state index in [1.807, 2.05) is 25.3 Å². The van der Waals surface area contributed by atoms with Gasteiger partial charge in [0.2, 0.25) is 0 Å². The molecule has 0 radical (unpaired) electrons. The number of rotatable bonds is 2. The SMILES string of the molecule is Cc1ccc2c(n1)sc1c(-c3nc4ccncc4n3-c3ccccc3)ccc(C)c12. The van der Waals surface area contributed by atoms with Crippen LogP contribution in [0.3, 0.4) is 0 Å². The molecule has 5 heteroatoms. The van der Waals surface area contributed by atoms with Crippen LogP contribution in [0, 0.1) is 13.8 Å². The van der Waals surface area contributed by atoms with Crippen molar-refractivity contribution in [3.8, 4) is 17.1 Å². The van der Waals surface area contributed by atoms with Crippen molar-refractivity contribution in [2.75, 3.05) is 0 Å². The minimum atomic E-state index is 0.928. The molecule has 0 saturated heterocycles. The Hall–Kier alpha value is -3.57. The number of aromatic nitrogens is 4. The van der Waals surface area contributed by atoms with E-state index in [1.165, 1.54) is 21.0 Å². The maximum atomic E-state index is 5.04. The van der Waals surface area contributed by atoms with E-state index in [0.717, 1.165) is 38.6 Å². The van der Waals surface area contributed by atoms with E-state index in [1.54, 1.807) is 17.5 Å². The van der Waals surface area contributed by atoms with Crippen molar-refractivity contribution in [3.63, 3.8) is 0 Å². The first-order chi connectivity index (χ1) is 14.7. The van der Waals surface area contributed by atoms with E-state index in [9.17, 15) is 0 Å². The second-order valence-corrected chi connectivity index (χ2v) is 8.51. The fourth-order valence-corrected chi connectivity index (χ4v) is 5.44. The van der Waals surface area contributed by atoms with Crippen LogP contribution in [0.15, 0.2) is 73.1 Å². The van der Waals surface area contributed by atoms with E-state index < -0.39 is 0 Å². The Morgan fingerprint density at radius 3 is 2.60 bits per heavy atom. The molecule has 144 valence electrons. The van der Waals surface area contributed by atoms with Crippen molar-refractivity contribution < 1.29 is 0 Å². The third kappa shape index (κ3) is 2.49. The van der Waals surface area contributed by atoms with Crippen molar-refractivity contribution >= 4 is 42.7 Å². The van der Waals surface area contributed by atoms with E-state index in [4.69, 9.17) is 9.97 Å². The van der Waals surface area contributed by atoms with Crippen LogP contribution in [0.2, 0.25) is 0 Å². The van der Waals surface area contributed by atoms with Gasteiger partial charge in [-0.3, -0.25) is 9.55 Å². The number of para-hydroxylation sites is 1. The monoisotopic (exact) mass is 406 g/mol. The van der Waals surface area contributed by atoms with Gasteiger partial charge >= 0.3 is 0 Å². The standard InChI is InChI=1S/C25H18N4S/c1-15-8-10-19(23-22(15)18-11-9-16(2)27-25(18)30-23)24-28-20-12-13-26-14-21(20)29(24)17-6-4-3-5-7-17/h3-14H,1-2H3. The molecule has 0 unspecified atom stereocenters. The van der Waals surface area contributed by atoms with Crippen LogP contribution in [0.1, 0.15) is 11.3 Å². The number of thiophene rings is 1. The first-order valence-electron chi connectivity index (χ1n) is 9.88.